The number of aryl methyl sites for hydroxylation is 1. The topological polar surface area (TPSA) is 38.0 Å². The van der Waals surface area contributed by atoms with Crippen molar-refractivity contribution >= 4 is 0 Å². The van der Waals surface area contributed by atoms with Crippen LogP contribution in [0.3, 0.4) is 0 Å². The molecule has 2 rings (SSSR count). The molecule has 0 bridgehead atoms. The lowest BCUT2D eigenvalue weighted by Gasteiger charge is -2.25. The van der Waals surface area contributed by atoms with Gasteiger partial charge in [-0.3, -0.25) is 0 Å². The summed E-state index contributed by atoms with van der Waals surface area (Å²) in [6, 6.07) is 9.61. The first-order chi connectivity index (χ1) is 9.05. The van der Waals surface area contributed by atoms with Gasteiger partial charge in [0.2, 0.25) is 0 Å². The summed E-state index contributed by atoms with van der Waals surface area (Å²) in [4.78, 5) is 0. The molecular weight excluding hydrogens is 232 g/mol. The molecule has 1 fully saturated rings. The zero-order valence-electron chi connectivity index (χ0n) is 12.6. The van der Waals surface area contributed by atoms with Crippen molar-refractivity contribution in [2.75, 3.05) is 6.54 Å². The molecule has 0 amide bonds. The maximum atomic E-state index is 6.01. The molecule has 19 heavy (non-hydrogen) atoms. The zero-order valence-corrected chi connectivity index (χ0v) is 12.6. The van der Waals surface area contributed by atoms with Gasteiger partial charge in [-0.05, 0) is 42.2 Å². The summed E-state index contributed by atoms with van der Waals surface area (Å²) < 4.78 is 0. The van der Waals surface area contributed by atoms with E-state index in [-0.39, 0.29) is 0 Å². The molecule has 0 aliphatic heterocycles. The Morgan fingerprint density at radius 2 is 2.11 bits per heavy atom. The van der Waals surface area contributed by atoms with E-state index >= 15 is 0 Å². The predicted octanol–water partition coefficient (Wildman–Crippen LogP) is 3.42. The minimum Gasteiger partial charge on any atom is -0.329 e. The second-order valence-electron chi connectivity index (χ2n) is 6.61. The fraction of sp³-hybridized carbons (Fsp3) is 0.647. The van der Waals surface area contributed by atoms with Crippen LogP contribution in [-0.4, -0.2) is 12.6 Å². The monoisotopic (exact) mass is 260 g/mol. The van der Waals surface area contributed by atoms with Crippen LogP contribution in [0.2, 0.25) is 0 Å². The van der Waals surface area contributed by atoms with Gasteiger partial charge < -0.3 is 11.1 Å². The van der Waals surface area contributed by atoms with Gasteiger partial charge in [-0.15, -0.1) is 0 Å². The third-order valence-electron chi connectivity index (χ3n) is 4.45. The molecule has 1 aliphatic rings. The zero-order chi connectivity index (χ0) is 13.9. The van der Waals surface area contributed by atoms with Crippen molar-refractivity contribution in [2.24, 2.45) is 11.1 Å². The minimum atomic E-state index is 0.301. The molecule has 106 valence electrons. The van der Waals surface area contributed by atoms with E-state index in [9.17, 15) is 0 Å². The van der Waals surface area contributed by atoms with Crippen LogP contribution in [0.4, 0.5) is 0 Å². The number of benzene rings is 1. The normalized spacial score (nSPS) is 23.5. The molecule has 2 nitrogen and oxygen atoms in total. The van der Waals surface area contributed by atoms with Crippen molar-refractivity contribution in [1.82, 2.24) is 5.32 Å². The van der Waals surface area contributed by atoms with Gasteiger partial charge in [-0.25, -0.2) is 0 Å². The first-order valence-electron chi connectivity index (χ1n) is 7.59. The third kappa shape index (κ3) is 3.58. The summed E-state index contributed by atoms with van der Waals surface area (Å²) in [6.45, 7) is 7.62. The van der Waals surface area contributed by atoms with Crippen LogP contribution in [0.15, 0.2) is 24.3 Å². The van der Waals surface area contributed by atoms with Crippen molar-refractivity contribution < 1.29 is 0 Å². The Labute approximate surface area is 117 Å². The van der Waals surface area contributed by atoms with E-state index in [1.54, 1.807) is 0 Å². The first-order valence-corrected chi connectivity index (χ1v) is 7.59. The first kappa shape index (κ1) is 14.5. The highest BCUT2D eigenvalue weighted by molar-refractivity contribution is 5.30. The quantitative estimate of drug-likeness (QED) is 0.851. The van der Waals surface area contributed by atoms with Crippen LogP contribution in [0, 0.1) is 5.41 Å². The molecule has 0 radical (unpaired) electrons. The SMILES string of the molecule is CCc1ccccc1C(CN)NC1CCC(C)(C)C1. The van der Waals surface area contributed by atoms with Gasteiger partial charge in [0.25, 0.3) is 0 Å². The molecule has 2 heteroatoms. The summed E-state index contributed by atoms with van der Waals surface area (Å²) in [7, 11) is 0. The van der Waals surface area contributed by atoms with E-state index in [4.69, 9.17) is 5.73 Å². The Balaban J connectivity index is 2.08. The highest BCUT2D eigenvalue weighted by atomic mass is 15.0. The van der Waals surface area contributed by atoms with Crippen LogP contribution in [0.5, 0.6) is 0 Å². The van der Waals surface area contributed by atoms with Gasteiger partial charge in [-0.1, -0.05) is 45.0 Å². The van der Waals surface area contributed by atoms with Crippen molar-refractivity contribution in [1.29, 1.82) is 0 Å². The predicted molar refractivity (Wildman–Crippen MR) is 82.2 cm³/mol. The Morgan fingerprint density at radius 3 is 2.68 bits per heavy atom. The standard InChI is InChI=1S/C17H28N2/c1-4-13-7-5-6-8-15(13)16(12-18)19-14-9-10-17(2,3)11-14/h5-8,14,16,19H,4,9-12,18H2,1-3H3. The largest absolute Gasteiger partial charge is 0.329 e. The smallest absolute Gasteiger partial charge is 0.0449 e. The second-order valence-corrected chi connectivity index (χ2v) is 6.61. The van der Waals surface area contributed by atoms with Crippen molar-refractivity contribution in [3.8, 4) is 0 Å². The molecule has 1 saturated carbocycles. The average Bonchev–Trinajstić information content (AvgIpc) is 2.75. The molecule has 0 heterocycles. The average molecular weight is 260 g/mol. The second kappa shape index (κ2) is 6.06. The minimum absolute atomic E-state index is 0.301. The number of nitrogens with one attached hydrogen (secondary N) is 1. The molecule has 0 spiro atoms. The fourth-order valence-corrected chi connectivity index (χ4v) is 3.34. The van der Waals surface area contributed by atoms with Gasteiger partial charge in [0, 0.05) is 18.6 Å². The van der Waals surface area contributed by atoms with E-state index in [2.05, 4.69) is 50.4 Å². The summed E-state index contributed by atoms with van der Waals surface area (Å²) in [5.74, 6) is 0. The summed E-state index contributed by atoms with van der Waals surface area (Å²) >= 11 is 0. The number of hydrogen-bond donors (Lipinski definition) is 2. The van der Waals surface area contributed by atoms with Crippen LogP contribution < -0.4 is 11.1 Å². The molecule has 2 atom stereocenters. The van der Waals surface area contributed by atoms with Crippen molar-refractivity contribution in [2.45, 2.75) is 58.5 Å². The molecule has 1 aromatic rings. The lowest BCUT2D eigenvalue weighted by Crippen LogP contribution is -2.36. The van der Waals surface area contributed by atoms with E-state index in [1.807, 2.05) is 0 Å². The molecule has 1 aromatic carbocycles. The Morgan fingerprint density at radius 1 is 1.37 bits per heavy atom. The molecule has 0 aromatic heterocycles. The lowest BCUT2D eigenvalue weighted by molar-refractivity contribution is 0.353. The van der Waals surface area contributed by atoms with Crippen molar-refractivity contribution in [3.05, 3.63) is 35.4 Å². The van der Waals surface area contributed by atoms with Gasteiger partial charge in [0.05, 0.1) is 0 Å². The van der Waals surface area contributed by atoms with E-state index in [0.29, 0.717) is 24.0 Å². The number of hydrogen-bond acceptors (Lipinski definition) is 2. The lowest BCUT2D eigenvalue weighted by atomic mass is 9.91. The van der Waals surface area contributed by atoms with E-state index < -0.39 is 0 Å². The van der Waals surface area contributed by atoms with Gasteiger partial charge in [0.15, 0.2) is 0 Å². The fourth-order valence-electron chi connectivity index (χ4n) is 3.34. The molecule has 1 aliphatic carbocycles. The molecule has 2 unspecified atom stereocenters. The van der Waals surface area contributed by atoms with Crippen LogP contribution in [-0.2, 0) is 6.42 Å². The highest BCUT2D eigenvalue weighted by Gasteiger charge is 2.32. The van der Waals surface area contributed by atoms with E-state index in [1.165, 1.54) is 30.4 Å². The number of nitrogens with two attached hydrogens (primary N) is 1. The number of rotatable bonds is 5. The molecule has 0 saturated heterocycles. The van der Waals surface area contributed by atoms with Crippen molar-refractivity contribution in [3.63, 3.8) is 0 Å². The summed E-state index contributed by atoms with van der Waals surface area (Å²) in [6.07, 6.45) is 4.93. The Hall–Kier alpha value is -0.860. The molecule has 3 N–H and O–H groups in total. The van der Waals surface area contributed by atoms with Gasteiger partial charge in [0.1, 0.15) is 0 Å². The Kier molecular flexibility index (Phi) is 4.64. The Bertz CT molecular complexity index is 411. The van der Waals surface area contributed by atoms with Gasteiger partial charge in [-0.2, -0.15) is 0 Å². The summed E-state index contributed by atoms with van der Waals surface area (Å²) in [5.41, 5.74) is 9.30. The van der Waals surface area contributed by atoms with Crippen LogP contribution in [0.1, 0.15) is 57.2 Å². The maximum absolute atomic E-state index is 6.01. The highest BCUT2D eigenvalue weighted by Crippen LogP contribution is 2.37. The maximum Gasteiger partial charge on any atom is 0.0449 e. The molecular formula is C17H28N2. The van der Waals surface area contributed by atoms with E-state index in [0.717, 1.165) is 6.42 Å². The van der Waals surface area contributed by atoms with Crippen LogP contribution >= 0.6 is 0 Å². The van der Waals surface area contributed by atoms with Crippen LogP contribution in [0.25, 0.3) is 0 Å². The third-order valence-corrected chi connectivity index (χ3v) is 4.45. The van der Waals surface area contributed by atoms with Gasteiger partial charge >= 0.3 is 0 Å². The summed E-state index contributed by atoms with van der Waals surface area (Å²) in [5, 5.41) is 3.79.